The van der Waals surface area contributed by atoms with Crippen molar-refractivity contribution < 1.29 is 42.4 Å². The third-order valence-corrected chi connectivity index (χ3v) is 12.5. The molecule has 11 heteroatoms. The van der Waals surface area contributed by atoms with Crippen LogP contribution in [-0.2, 0) is 42.2 Å². The summed E-state index contributed by atoms with van der Waals surface area (Å²) < 4.78 is 50.5. The molecule has 0 bridgehead atoms. The van der Waals surface area contributed by atoms with Gasteiger partial charge in [0.1, 0.15) is 36.2 Å². The molecule has 57 heavy (non-hydrogen) atoms. The molecule has 5 aromatic carbocycles. The highest BCUT2D eigenvalue weighted by molar-refractivity contribution is 6.62. The Morgan fingerprint density at radius 1 is 0.509 bits per heavy atom. The van der Waals surface area contributed by atoms with Crippen molar-refractivity contribution in [2.24, 2.45) is 0 Å². The molecule has 4 aliphatic heterocycles. The monoisotopic (exact) mass is 764 g/mol. The Labute approximate surface area is 334 Å². The van der Waals surface area contributed by atoms with E-state index >= 15 is 0 Å². The van der Waals surface area contributed by atoms with Gasteiger partial charge in [-0.25, -0.2) is 4.79 Å². The predicted molar refractivity (Wildman–Crippen MR) is 218 cm³/mol. The Morgan fingerprint density at radius 3 is 1.37 bits per heavy atom. The van der Waals surface area contributed by atoms with Gasteiger partial charge in [-0.3, -0.25) is 0 Å². The SMILES string of the molecule is CC1(C)OB(c2ccc(COc3ccc4c(c3)Oc3cc(OCc5ccc(B6OC(C)(C)C(C)(C)O6)cc5)ccc3C43OC(=O)c4ccccc43)cc2)OC1(C)C. The molecule has 2 fully saturated rings. The van der Waals surface area contributed by atoms with E-state index < -0.39 is 48.2 Å². The smallest absolute Gasteiger partial charge is 0.489 e. The molecule has 5 aromatic rings. The van der Waals surface area contributed by atoms with Crippen LogP contribution < -0.4 is 25.1 Å². The second kappa shape index (κ2) is 13.2. The molecule has 0 atom stereocenters. The second-order valence-corrected chi connectivity index (χ2v) is 17.3. The fourth-order valence-corrected chi connectivity index (χ4v) is 7.65. The molecule has 1 spiro atoms. The van der Waals surface area contributed by atoms with Crippen molar-refractivity contribution in [2.45, 2.75) is 96.6 Å². The van der Waals surface area contributed by atoms with E-state index in [-0.39, 0.29) is 0 Å². The van der Waals surface area contributed by atoms with Crippen molar-refractivity contribution >= 4 is 31.1 Å². The van der Waals surface area contributed by atoms with E-state index in [1.165, 1.54) is 0 Å². The lowest BCUT2D eigenvalue weighted by molar-refractivity contribution is 0.00578. The van der Waals surface area contributed by atoms with E-state index in [0.29, 0.717) is 52.9 Å². The number of esters is 1. The molecule has 9 nitrogen and oxygen atoms in total. The Morgan fingerprint density at radius 2 is 0.930 bits per heavy atom. The van der Waals surface area contributed by atoms with Crippen LogP contribution in [0.15, 0.2) is 109 Å². The summed E-state index contributed by atoms with van der Waals surface area (Å²) in [5.74, 6) is 1.87. The molecule has 4 heterocycles. The topological polar surface area (TPSA) is 90.9 Å². The van der Waals surface area contributed by atoms with Crippen molar-refractivity contribution in [2.75, 3.05) is 0 Å². The minimum atomic E-state index is -1.21. The lowest BCUT2D eigenvalue weighted by Crippen LogP contribution is -2.41. The highest BCUT2D eigenvalue weighted by Gasteiger charge is 2.55. The van der Waals surface area contributed by atoms with Crippen LogP contribution in [-0.4, -0.2) is 42.6 Å². The molecule has 0 N–H and O–H groups in total. The second-order valence-electron chi connectivity index (χ2n) is 17.3. The molecule has 0 aliphatic carbocycles. The van der Waals surface area contributed by atoms with Crippen molar-refractivity contribution in [1.29, 1.82) is 0 Å². The fraction of sp³-hybridized carbons (Fsp3) is 0.326. The summed E-state index contributed by atoms with van der Waals surface area (Å²) in [5, 5.41) is 0. The van der Waals surface area contributed by atoms with Crippen molar-refractivity contribution in [1.82, 2.24) is 0 Å². The Balaban J connectivity index is 0.946. The molecule has 4 aliphatic rings. The zero-order valence-corrected chi connectivity index (χ0v) is 33.6. The van der Waals surface area contributed by atoms with Gasteiger partial charge in [0.25, 0.3) is 0 Å². The number of carbonyl (C=O) groups excluding carboxylic acids is 1. The number of rotatable bonds is 8. The summed E-state index contributed by atoms with van der Waals surface area (Å²) in [6.07, 6.45) is 0. The summed E-state index contributed by atoms with van der Waals surface area (Å²) in [7, 11) is -0.864. The normalized spacial score (nSPS) is 20.0. The molecule has 0 aromatic heterocycles. The summed E-state index contributed by atoms with van der Waals surface area (Å²) in [6.45, 7) is 17.0. The van der Waals surface area contributed by atoms with Crippen molar-refractivity contribution in [3.8, 4) is 23.0 Å². The van der Waals surface area contributed by atoms with Gasteiger partial charge in [-0.2, -0.15) is 0 Å². The number of hydrogen-bond donors (Lipinski definition) is 0. The summed E-state index contributed by atoms with van der Waals surface area (Å²) in [4.78, 5) is 13.4. The average molecular weight is 764 g/mol. The zero-order valence-electron chi connectivity index (χ0n) is 33.6. The fourth-order valence-electron chi connectivity index (χ4n) is 7.65. The summed E-state index contributed by atoms with van der Waals surface area (Å²) in [6, 6.07) is 34.9. The maximum Gasteiger partial charge on any atom is 0.494 e. The Bertz CT molecular complexity index is 2200. The van der Waals surface area contributed by atoms with Crippen LogP contribution in [0.4, 0.5) is 0 Å². The molecule has 9 rings (SSSR count). The van der Waals surface area contributed by atoms with Crippen LogP contribution in [0.3, 0.4) is 0 Å². The van der Waals surface area contributed by atoms with Gasteiger partial charge in [0, 0.05) is 28.8 Å². The zero-order chi connectivity index (χ0) is 40.0. The van der Waals surface area contributed by atoms with Gasteiger partial charge in [0.05, 0.1) is 28.0 Å². The molecule has 0 unspecified atom stereocenters. The molecular weight excluding hydrogens is 718 g/mol. The first-order valence-corrected chi connectivity index (χ1v) is 19.5. The van der Waals surface area contributed by atoms with Gasteiger partial charge < -0.3 is 37.6 Å². The van der Waals surface area contributed by atoms with Gasteiger partial charge in [-0.05, 0) is 108 Å². The lowest BCUT2D eigenvalue weighted by atomic mass is 9.77. The molecule has 2 saturated heterocycles. The minimum Gasteiger partial charge on any atom is -0.489 e. The first-order chi connectivity index (χ1) is 27.1. The predicted octanol–water partition coefficient (Wildman–Crippen LogP) is 8.01. The number of benzene rings is 5. The highest BCUT2D eigenvalue weighted by atomic mass is 16.7. The number of fused-ring (bicyclic) bond motifs is 6. The van der Waals surface area contributed by atoms with E-state index in [1.807, 2.05) is 159 Å². The average Bonchev–Trinajstić information content (AvgIpc) is 3.69. The van der Waals surface area contributed by atoms with Gasteiger partial charge in [-0.15, -0.1) is 0 Å². The van der Waals surface area contributed by atoms with Crippen LogP contribution in [0.5, 0.6) is 23.0 Å². The third kappa shape index (κ3) is 6.32. The van der Waals surface area contributed by atoms with E-state index in [4.69, 9.17) is 37.6 Å². The highest BCUT2D eigenvalue weighted by Crippen LogP contribution is 2.57. The lowest BCUT2D eigenvalue weighted by Gasteiger charge is -2.36. The van der Waals surface area contributed by atoms with Gasteiger partial charge in [0.15, 0.2) is 5.60 Å². The quantitative estimate of drug-likeness (QED) is 0.115. The molecule has 0 radical (unpaired) electrons. The maximum absolute atomic E-state index is 13.4. The molecule has 290 valence electrons. The maximum atomic E-state index is 13.4. The first-order valence-electron chi connectivity index (χ1n) is 19.5. The number of ether oxygens (including phenoxy) is 4. The minimum absolute atomic E-state index is 0.331. The van der Waals surface area contributed by atoms with E-state index in [2.05, 4.69) is 0 Å². The van der Waals surface area contributed by atoms with Crippen LogP contribution in [0.25, 0.3) is 0 Å². The molecular formula is C46H46B2O9. The van der Waals surface area contributed by atoms with E-state index in [1.54, 1.807) is 6.07 Å². The van der Waals surface area contributed by atoms with Crippen LogP contribution in [0.1, 0.15) is 93.6 Å². The van der Waals surface area contributed by atoms with Crippen LogP contribution in [0.2, 0.25) is 0 Å². The van der Waals surface area contributed by atoms with Gasteiger partial charge >= 0.3 is 20.2 Å². The van der Waals surface area contributed by atoms with E-state index in [9.17, 15) is 4.79 Å². The third-order valence-electron chi connectivity index (χ3n) is 12.5. The largest absolute Gasteiger partial charge is 0.494 e. The summed E-state index contributed by atoms with van der Waals surface area (Å²) in [5.41, 5.74) is 3.72. The standard InChI is InChI=1S/C46H46B2O9/c1-42(2)43(3,4)55-47(54-42)31-17-13-29(14-18-31)27-50-33-21-23-37-39(25-33)52-40-26-34(22-24-38(40)46(37)36-12-10-9-11-35(36)41(49)53-46)51-28-30-15-19-32(20-16-30)48-56-44(5,6)45(7,8)57-48/h9-26H,27-28H2,1-8H3. The van der Waals surface area contributed by atoms with Crippen LogP contribution in [0, 0.1) is 0 Å². The van der Waals surface area contributed by atoms with Gasteiger partial charge in [-0.1, -0.05) is 66.7 Å². The Hall–Kier alpha value is -5.06. The Kier molecular flexibility index (Phi) is 8.72. The van der Waals surface area contributed by atoms with Gasteiger partial charge in [0.2, 0.25) is 0 Å². The number of carbonyl (C=O) groups is 1. The van der Waals surface area contributed by atoms with Crippen molar-refractivity contribution in [3.63, 3.8) is 0 Å². The van der Waals surface area contributed by atoms with Crippen molar-refractivity contribution in [3.05, 3.63) is 143 Å². The number of hydrogen-bond acceptors (Lipinski definition) is 9. The van der Waals surface area contributed by atoms with Crippen LogP contribution >= 0.6 is 0 Å². The molecule has 0 amide bonds. The summed E-state index contributed by atoms with van der Waals surface area (Å²) >= 11 is 0. The molecule has 0 saturated carbocycles. The first kappa shape index (κ1) is 37.5. The van der Waals surface area contributed by atoms with E-state index in [0.717, 1.165) is 27.6 Å².